The molecule has 0 unspecified atom stereocenters. The van der Waals surface area contributed by atoms with Crippen LogP contribution in [0.5, 0.6) is 5.75 Å². The van der Waals surface area contributed by atoms with Crippen molar-refractivity contribution >= 4 is 11.6 Å². The quantitative estimate of drug-likeness (QED) is 0.629. The first kappa shape index (κ1) is 13.5. The lowest BCUT2D eigenvalue weighted by Crippen LogP contribution is -2.36. The third-order valence-corrected chi connectivity index (χ3v) is 3.52. The molecule has 19 heavy (non-hydrogen) atoms. The molecule has 1 aliphatic rings. The van der Waals surface area contributed by atoms with E-state index in [9.17, 15) is 0 Å². The van der Waals surface area contributed by atoms with Crippen LogP contribution in [-0.2, 0) is 0 Å². The largest absolute Gasteiger partial charge is 0.495 e. The predicted octanol–water partition coefficient (Wildman–Crippen LogP) is 1.06. The topological polar surface area (TPSA) is 62.9 Å². The van der Waals surface area contributed by atoms with Gasteiger partial charge in [0.25, 0.3) is 0 Å². The maximum Gasteiger partial charge on any atom is 0.188 e. The minimum atomic E-state index is 0.510. The minimum Gasteiger partial charge on any atom is -0.495 e. The molecule has 0 saturated carbocycles. The molecule has 1 aromatic carbocycles. The Kier molecular flexibility index (Phi) is 4.49. The van der Waals surface area contributed by atoms with Crippen LogP contribution in [0.4, 0.5) is 5.69 Å². The number of para-hydroxylation sites is 2. The van der Waals surface area contributed by atoms with Gasteiger partial charge in [0.15, 0.2) is 5.96 Å². The summed E-state index contributed by atoms with van der Waals surface area (Å²) < 4.78 is 5.41. The number of nitrogens with two attached hydrogens (primary N) is 1. The molecular formula is C14H22N4O. The lowest BCUT2D eigenvalue weighted by molar-refractivity contribution is 0.414. The maximum atomic E-state index is 5.65. The molecule has 1 aliphatic heterocycles. The van der Waals surface area contributed by atoms with Crippen LogP contribution >= 0.6 is 0 Å². The number of aliphatic imine (C=N–C) groups is 1. The number of rotatable bonds is 4. The zero-order valence-electron chi connectivity index (χ0n) is 11.6. The third kappa shape index (κ3) is 3.30. The first-order chi connectivity index (χ1) is 9.24. The van der Waals surface area contributed by atoms with Crippen molar-refractivity contribution in [3.63, 3.8) is 0 Å². The van der Waals surface area contributed by atoms with Crippen LogP contribution in [0.25, 0.3) is 0 Å². The molecule has 0 amide bonds. The van der Waals surface area contributed by atoms with Gasteiger partial charge in [0.05, 0.1) is 12.8 Å². The van der Waals surface area contributed by atoms with Crippen molar-refractivity contribution in [2.45, 2.75) is 6.42 Å². The van der Waals surface area contributed by atoms with Gasteiger partial charge in [0.1, 0.15) is 5.75 Å². The second kappa shape index (κ2) is 6.31. The second-order valence-corrected chi connectivity index (χ2v) is 4.76. The molecule has 5 nitrogen and oxygen atoms in total. The van der Waals surface area contributed by atoms with Gasteiger partial charge in [-0.05, 0) is 24.5 Å². The van der Waals surface area contributed by atoms with Gasteiger partial charge < -0.3 is 20.7 Å². The standard InChI is InChI=1S/C14H22N4O/c1-16-14(15)17-9-11-7-8-18(10-11)12-5-3-4-6-13(12)19-2/h3-6,11H,7-10H2,1-2H3,(H3,15,16,17)/t11-/m1/s1. The number of hydrogen-bond acceptors (Lipinski definition) is 3. The fraction of sp³-hybridized carbons (Fsp3) is 0.500. The number of benzene rings is 1. The number of anilines is 1. The molecule has 1 saturated heterocycles. The van der Waals surface area contributed by atoms with Crippen molar-refractivity contribution < 1.29 is 4.74 Å². The Morgan fingerprint density at radius 3 is 3.05 bits per heavy atom. The lowest BCUT2D eigenvalue weighted by Gasteiger charge is -2.21. The molecule has 0 bridgehead atoms. The van der Waals surface area contributed by atoms with Crippen molar-refractivity contribution in [2.24, 2.45) is 16.6 Å². The Morgan fingerprint density at radius 1 is 1.53 bits per heavy atom. The van der Waals surface area contributed by atoms with E-state index in [4.69, 9.17) is 10.5 Å². The summed E-state index contributed by atoms with van der Waals surface area (Å²) in [6, 6.07) is 8.15. The van der Waals surface area contributed by atoms with Crippen LogP contribution in [-0.4, -0.2) is 39.8 Å². The molecule has 0 aromatic heterocycles. The lowest BCUT2D eigenvalue weighted by atomic mass is 10.1. The third-order valence-electron chi connectivity index (χ3n) is 3.52. The smallest absolute Gasteiger partial charge is 0.188 e. The molecule has 104 valence electrons. The first-order valence-corrected chi connectivity index (χ1v) is 6.58. The number of hydrogen-bond donors (Lipinski definition) is 2. The van der Waals surface area contributed by atoms with Gasteiger partial charge in [-0.1, -0.05) is 12.1 Å². The number of guanidine groups is 1. The second-order valence-electron chi connectivity index (χ2n) is 4.76. The van der Waals surface area contributed by atoms with Crippen LogP contribution in [0, 0.1) is 5.92 Å². The Morgan fingerprint density at radius 2 is 2.32 bits per heavy atom. The zero-order valence-corrected chi connectivity index (χ0v) is 11.6. The van der Waals surface area contributed by atoms with Gasteiger partial charge in [0, 0.05) is 26.7 Å². The molecule has 5 heteroatoms. The molecule has 1 aromatic rings. The van der Waals surface area contributed by atoms with Gasteiger partial charge in [-0.2, -0.15) is 0 Å². The molecule has 1 fully saturated rings. The summed E-state index contributed by atoms with van der Waals surface area (Å²) in [6.45, 7) is 2.94. The van der Waals surface area contributed by atoms with E-state index in [0.29, 0.717) is 11.9 Å². The number of nitrogens with zero attached hydrogens (tertiary/aromatic N) is 2. The average molecular weight is 262 g/mol. The molecule has 2 rings (SSSR count). The zero-order chi connectivity index (χ0) is 13.7. The Hall–Kier alpha value is -1.91. The fourth-order valence-corrected chi connectivity index (χ4v) is 2.44. The predicted molar refractivity (Wildman–Crippen MR) is 78.9 cm³/mol. The SMILES string of the molecule is CN=C(N)NC[C@H]1CCN(c2ccccc2OC)C1. The van der Waals surface area contributed by atoms with Gasteiger partial charge in [-0.15, -0.1) is 0 Å². The van der Waals surface area contributed by atoms with Crippen LogP contribution < -0.4 is 20.7 Å². The Bertz CT molecular complexity index is 447. The van der Waals surface area contributed by atoms with E-state index in [1.165, 1.54) is 5.69 Å². The number of methoxy groups -OCH3 is 1. The van der Waals surface area contributed by atoms with Gasteiger partial charge >= 0.3 is 0 Å². The molecule has 3 N–H and O–H groups in total. The fourth-order valence-electron chi connectivity index (χ4n) is 2.44. The van der Waals surface area contributed by atoms with E-state index in [2.05, 4.69) is 21.3 Å². The van der Waals surface area contributed by atoms with Crippen molar-refractivity contribution in [2.75, 3.05) is 38.7 Å². The summed E-state index contributed by atoms with van der Waals surface area (Å²) in [6.07, 6.45) is 1.15. The monoisotopic (exact) mass is 262 g/mol. The van der Waals surface area contributed by atoms with Crippen LogP contribution in [0.3, 0.4) is 0 Å². The number of ether oxygens (including phenoxy) is 1. The molecular weight excluding hydrogens is 240 g/mol. The van der Waals surface area contributed by atoms with E-state index in [-0.39, 0.29) is 0 Å². The van der Waals surface area contributed by atoms with E-state index in [0.717, 1.165) is 31.8 Å². The molecule has 1 atom stereocenters. The van der Waals surface area contributed by atoms with Crippen LogP contribution in [0.2, 0.25) is 0 Å². The Balaban J connectivity index is 1.94. The highest BCUT2D eigenvalue weighted by molar-refractivity contribution is 5.77. The van der Waals surface area contributed by atoms with Gasteiger partial charge in [-0.3, -0.25) is 4.99 Å². The first-order valence-electron chi connectivity index (χ1n) is 6.58. The van der Waals surface area contributed by atoms with Gasteiger partial charge in [0.2, 0.25) is 0 Å². The van der Waals surface area contributed by atoms with Gasteiger partial charge in [-0.25, -0.2) is 0 Å². The van der Waals surface area contributed by atoms with E-state index >= 15 is 0 Å². The van der Waals surface area contributed by atoms with E-state index < -0.39 is 0 Å². The summed E-state index contributed by atoms with van der Waals surface area (Å²) in [7, 11) is 3.41. The molecule has 0 radical (unpaired) electrons. The molecule has 0 spiro atoms. The van der Waals surface area contributed by atoms with E-state index in [1.54, 1.807) is 14.2 Å². The average Bonchev–Trinajstić information content (AvgIpc) is 2.93. The number of nitrogens with one attached hydrogen (secondary N) is 1. The maximum absolute atomic E-state index is 5.65. The van der Waals surface area contributed by atoms with E-state index in [1.807, 2.05) is 18.2 Å². The highest BCUT2D eigenvalue weighted by atomic mass is 16.5. The molecule has 0 aliphatic carbocycles. The van der Waals surface area contributed by atoms with Crippen LogP contribution in [0.15, 0.2) is 29.3 Å². The Labute approximate surface area is 114 Å². The highest BCUT2D eigenvalue weighted by Gasteiger charge is 2.24. The summed E-state index contributed by atoms with van der Waals surface area (Å²) in [5.41, 5.74) is 6.82. The van der Waals surface area contributed by atoms with Crippen molar-refractivity contribution in [3.05, 3.63) is 24.3 Å². The summed E-state index contributed by atoms with van der Waals surface area (Å²) in [5, 5.41) is 3.14. The molecule has 1 heterocycles. The van der Waals surface area contributed by atoms with Crippen LogP contribution in [0.1, 0.15) is 6.42 Å². The highest BCUT2D eigenvalue weighted by Crippen LogP contribution is 2.31. The summed E-state index contributed by atoms with van der Waals surface area (Å²) >= 11 is 0. The van der Waals surface area contributed by atoms with Crippen molar-refractivity contribution in [3.8, 4) is 5.75 Å². The van der Waals surface area contributed by atoms with Crippen molar-refractivity contribution in [1.29, 1.82) is 0 Å². The minimum absolute atomic E-state index is 0.510. The summed E-state index contributed by atoms with van der Waals surface area (Å²) in [5.74, 6) is 2.03. The van der Waals surface area contributed by atoms with Crippen molar-refractivity contribution in [1.82, 2.24) is 5.32 Å². The normalized spacial score (nSPS) is 19.6. The summed E-state index contributed by atoms with van der Waals surface area (Å²) in [4.78, 5) is 6.27.